The summed E-state index contributed by atoms with van der Waals surface area (Å²) in [6, 6.07) is 0.266. The monoisotopic (exact) mass is 194 g/mol. The van der Waals surface area contributed by atoms with Crippen molar-refractivity contribution >= 4 is 11.6 Å². The molecule has 3 N–H and O–H groups in total. The number of aromatic amines is 1. The molecule has 1 aliphatic rings. The highest BCUT2D eigenvalue weighted by molar-refractivity contribution is 5.92. The van der Waals surface area contributed by atoms with Crippen molar-refractivity contribution < 1.29 is 4.79 Å². The average Bonchev–Trinajstić information content (AvgIpc) is 2.75. The Hall–Kier alpha value is -1.36. The van der Waals surface area contributed by atoms with Crippen LogP contribution in [-0.2, 0) is 4.79 Å². The molecule has 0 radical (unpaired) electrons. The van der Waals surface area contributed by atoms with Crippen LogP contribution in [0.4, 0.5) is 5.69 Å². The number of H-pyrrole nitrogens is 1. The Morgan fingerprint density at radius 2 is 2.57 bits per heavy atom. The molecule has 1 aliphatic heterocycles. The fraction of sp³-hybridized carbons (Fsp3) is 0.556. The maximum atomic E-state index is 11.7. The lowest BCUT2D eigenvalue weighted by Crippen LogP contribution is -2.31. The van der Waals surface area contributed by atoms with Crippen molar-refractivity contribution in [3.63, 3.8) is 0 Å². The minimum absolute atomic E-state index is 0.0731. The van der Waals surface area contributed by atoms with Gasteiger partial charge in [0.25, 0.3) is 0 Å². The zero-order valence-corrected chi connectivity index (χ0v) is 8.08. The SMILES string of the molecule is CC1NCCC1C(=O)Nc1cn[nH]c1. The number of carbonyl (C=O) groups excluding carboxylic acids is 1. The predicted molar refractivity (Wildman–Crippen MR) is 52.8 cm³/mol. The molecule has 2 atom stereocenters. The van der Waals surface area contributed by atoms with Crippen LogP contribution in [-0.4, -0.2) is 28.7 Å². The number of rotatable bonds is 2. The third kappa shape index (κ3) is 1.77. The smallest absolute Gasteiger partial charge is 0.229 e. The first kappa shape index (κ1) is 9.21. The maximum Gasteiger partial charge on any atom is 0.229 e. The van der Waals surface area contributed by atoms with Gasteiger partial charge >= 0.3 is 0 Å². The number of carbonyl (C=O) groups is 1. The van der Waals surface area contributed by atoms with E-state index in [1.807, 2.05) is 6.92 Å². The van der Waals surface area contributed by atoms with Crippen LogP contribution in [0.25, 0.3) is 0 Å². The first-order chi connectivity index (χ1) is 6.77. The molecule has 14 heavy (non-hydrogen) atoms. The number of nitrogens with one attached hydrogen (secondary N) is 3. The second-order valence-corrected chi connectivity index (χ2v) is 3.61. The molecule has 0 spiro atoms. The van der Waals surface area contributed by atoms with E-state index in [9.17, 15) is 4.79 Å². The summed E-state index contributed by atoms with van der Waals surface area (Å²) in [5.74, 6) is 0.147. The number of nitrogens with zero attached hydrogens (tertiary/aromatic N) is 1. The molecule has 1 amide bonds. The van der Waals surface area contributed by atoms with Gasteiger partial charge in [-0.15, -0.1) is 0 Å². The molecule has 1 fully saturated rings. The Kier molecular flexibility index (Phi) is 2.49. The van der Waals surface area contributed by atoms with Crippen molar-refractivity contribution in [2.45, 2.75) is 19.4 Å². The first-order valence-corrected chi connectivity index (χ1v) is 4.80. The molecule has 2 heterocycles. The van der Waals surface area contributed by atoms with E-state index in [1.54, 1.807) is 12.4 Å². The third-order valence-corrected chi connectivity index (χ3v) is 2.63. The average molecular weight is 194 g/mol. The van der Waals surface area contributed by atoms with E-state index in [0.29, 0.717) is 0 Å². The fourth-order valence-corrected chi connectivity index (χ4v) is 1.77. The van der Waals surface area contributed by atoms with Crippen molar-refractivity contribution in [2.75, 3.05) is 11.9 Å². The zero-order chi connectivity index (χ0) is 9.97. The minimum atomic E-state index is 0.0731. The predicted octanol–water partition coefficient (Wildman–Crippen LogP) is 0.346. The summed E-state index contributed by atoms with van der Waals surface area (Å²) >= 11 is 0. The highest BCUT2D eigenvalue weighted by atomic mass is 16.2. The summed E-state index contributed by atoms with van der Waals surface area (Å²) in [7, 11) is 0. The number of hydrogen-bond donors (Lipinski definition) is 3. The molecule has 5 heteroatoms. The molecule has 1 saturated heterocycles. The zero-order valence-electron chi connectivity index (χ0n) is 8.08. The summed E-state index contributed by atoms with van der Waals surface area (Å²) in [5, 5.41) is 12.5. The van der Waals surface area contributed by atoms with Crippen molar-refractivity contribution in [3.8, 4) is 0 Å². The van der Waals surface area contributed by atoms with Gasteiger partial charge in [0.2, 0.25) is 5.91 Å². The lowest BCUT2D eigenvalue weighted by molar-refractivity contribution is -0.119. The third-order valence-electron chi connectivity index (χ3n) is 2.63. The van der Waals surface area contributed by atoms with E-state index >= 15 is 0 Å². The van der Waals surface area contributed by atoms with Crippen LogP contribution in [0.1, 0.15) is 13.3 Å². The van der Waals surface area contributed by atoms with Gasteiger partial charge < -0.3 is 10.6 Å². The van der Waals surface area contributed by atoms with Gasteiger partial charge in [-0.05, 0) is 19.9 Å². The highest BCUT2D eigenvalue weighted by Crippen LogP contribution is 2.17. The standard InChI is InChI=1S/C9H14N4O/c1-6-8(2-3-10-6)9(14)13-7-4-11-12-5-7/h4-6,8,10H,2-3H2,1H3,(H,11,12)(H,13,14). The Labute approximate surface area is 82.3 Å². The van der Waals surface area contributed by atoms with Gasteiger partial charge in [-0.25, -0.2) is 0 Å². The van der Waals surface area contributed by atoms with Crippen LogP contribution >= 0.6 is 0 Å². The quantitative estimate of drug-likeness (QED) is 0.636. The second-order valence-electron chi connectivity index (χ2n) is 3.61. The normalized spacial score (nSPS) is 26.4. The van der Waals surface area contributed by atoms with Gasteiger partial charge in [0.05, 0.1) is 17.8 Å². The summed E-state index contributed by atoms with van der Waals surface area (Å²) in [5.41, 5.74) is 0.731. The van der Waals surface area contributed by atoms with Crippen molar-refractivity contribution in [3.05, 3.63) is 12.4 Å². The van der Waals surface area contributed by atoms with Gasteiger partial charge in [0, 0.05) is 12.2 Å². The largest absolute Gasteiger partial charge is 0.323 e. The highest BCUT2D eigenvalue weighted by Gasteiger charge is 2.29. The molecule has 2 unspecified atom stereocenters. The molecule has 0 bridgehead atoms. The van der Waals surface area contributed by atoms with Crippen LogP contribution < -0.4 is 10.6 Å². The van der Waals surface area contributed by atoms with Crippen LogP contribution in [0.2, 0.25) is 0 Å². The molecule has 76 valence electrons. The molecule has 5 nitrogen and oxygen atoms in total. The lowest BCUT2D eigenvalue weighted by atomic mass is 10.0. The first-order valence-electron chi connectivity index (χ1n) is 4.80. The van der Waals surface area contributed by atoms with Crippen LogP contribution in [0.5, 0.6) is 0 Å². The van der Waals surface area contributed by atoms with Crippen LogP contribution in [0, 0.1) is 5.92 Å². The van der Waals surface area contributed by atoms with Gasteiger partial charge in [-0.1, -0.05) is 0 Å². The van der Waals surface area contributed by atoms with E-state index in [4.69, 9.17) is 0 Å². The molecular formula is C9H14N4O. The van der Waals surface area contributed by atoms with Crippen molar-refractivity contribution in [2.24, 2.45) is 5.92 Å². The van der Waals surface area contributed by atoms with E-state index < -0.39 is 0 Å². The van der Waals surface area contributed by atoms with Gasteiger partial charge in [-0.3, -0.25) is 9.89 Å². The van der Waals surface area contributed by atoms with E-state index in [2.05, 4.69) is 20.8 Å². The second kappa shape index (κ2) is 3.79. The van der Waals surface area contributed by atoms with E-state index in [0.717, 1.165) is 18.7 Å². The Bertz CT molecular complexity index is 309. The van der Waals surface area contributed by atoms with Crippen molar-refractivity contribution in [1.82, 2.24) is 15.5 Å². The van der Waals surface area contributed by atoms with Gasteiger partial charge in [0.1, 0.15) is 0 Å². The number of anilines is 1. The van der Waals surface area contributed by atoms with Gasteiger partial charge in [-0.2, -0.15) is 5.10 Å². The Morgan fingerprint density at radius 1 is 1.71 bits per heavy atom. The number of amides is 1. The topological polar surface area (TPSA) is 69.8 Å². The van der Waals surface area contributed by atoms with Crippen molar-refractivity contribution in [1.29, 1.82) is 0 Å². The molecular weight excluding hydrogens is 180 g/mol. The molecule has 2 rings (SSSR count). The fourth-order valence-electron chi connectivity index (χ4n) is 1.77. The Morgan fingerprint density at radius 3 is 3.14 bits per heavy atom. The molecule has 0 aromatic carbocycles. The Balaban J connectivity index is 1.95. The van der Waals surface area contributed by atoms with E-state index in [-0.39, 0.29) is 17.9 Å². The minimum Gasteiger partial charge on any atom is -0.323 e. The molecule has 1 aromatic heterocycles. The van der Waals surface area contributed by atoms with E-state index in [1.165, 1.54) is 0 Å². The van der Waals surface area contributed by atoms with Gasteiger partial charge in [0.15, 0.2) is 0 Å². The molecule has 0 saturated carbocycles. The molecule has 0 aliphatic carbocycles. The lowest BCUT2D eigenvalue weighted by Gasteiger charge is -2.13. The van der Waals surface area contributed by atoms with Crippen LogP contribution in [0.15, 0.2) is 12.4 Å². The summed E-state index contributed by atoms with van der Waals surface area (Å²) < 4.78 is 0. The maximum absolute atomic E-state index is 11.7. The van der Waals surface area contributed by atoms with Crippen LogP contribution in [0.3, 0.4) is 0 Å². The summed E-state index contributed by atoms with van der Waals surface area (Å²) in [6.45, 7) is 2.96. The number of aromatic nitrogens is 2. The number of hydrogen-bond acceptors (Lipinski definition) is 3. The summed E-state index contributed by atoms with van der Waals surface area (Å²) in [6.07, 6.45) is 4.18. The summed E-state index contributed by atoms with van der Waals surface area (Å²) in [4.78, 5) is 11.7. The molecule has 1 aromatic rings.